The quantitative estimate of drug-likeness (QED) is 0.665. The van der Waals surface area contributed by atoms with E-state index in [1.807, 2.05) is 0 Å². The Bertz CT molecular complexity index is 121. The molecule has 0 rings (SSSR count). The van der Waals surface area contributed by atoms with Crippen LogP contribution in [0.2, 0.25) is 0 Å². The molecule has 0 aliphatic carbocycles. The Morgan fingerprint density at radius 2 is 1.92 bits per heavy atom. The molecule has 0 aliphatic heterocycles. The van der Waals surface area contributed by atoms with Crippen LogP contribution >= 0.6 is 18.6 Å². The van der Waals surface area contributed by atoms with E-state index in [0.29, 0.717) is 17.9 Å². The maximum absolute atomic E-state index is 9.95. The number of hydrogen-bond donors (Lipinski definition) is 0. The van der Waals surface area contributed by atoms with Gasteiger partial charge >= 0.3 is 8.69 Å². The van der Waals surface area contributed by atoms with Crippen LogP contribution in [-0.2, 0) is 9.09 Å². The summed E-state index contributed by atoms with van der Waals surface area (Å²) in [5.74, 6) is 0.483. The predicted octanol–water partition coefficient (Wildman–Crippen LogP) is 3.34. The minimum absolute atomic E-state index is 0. The Labute approximate surface area is 80.4 Å². The summed E-state index contributed by atoms with van der Waals surface area (Å²) >= 11 is 0. The highest BCUT2D eigenvalue weighted by molar-refractivity contribution is 7.17. The van der Waals surface area contributed by atoms with Crippen LogP contribution in [0.25, 0.3) is 0 Å². The summed E-state index contributed by atoms with van der Waals surface area (Å²) in [7, 11) is -0.204. The van der Waals surface area contributed by atoms with Crippen molar-refractivity contribution >= 4 is 18.6 Å². The summed E-state index contributed by atoms with van der Waals surface area (Å²) in [5, 5.41) is 0. The van der Waals surface area contributed by atoms with E-state index in [-0.39, 0.29) is 18.6 Å². The van der Waals surface area contributed by atoms with Crippen LogP contribution in [0.4, 0.5) is 0 Å². The summed E-state index contributed by atoms with van der Waals surface area (Å²) < 4.78 is 14.7. The van der Waals surface area contributed by atoms with Crippen LogP contribution in [0, 0.1) is 11.3 Å². The van der Waals surface area contributed by atoms with Crippen molar-refractivity contribution in [3.63, 3.8) is 0 Å². The average molecular weight is 210 g/mol. The molecule has 0 aliphatic rings. The molecule has 0 aromatic heterocycles. The molecule has 0 amide bonds. The van der Waals surface area contributed by atoms with Gasteiger partial charge in [-0.3, -0.25) is 4.52 Å². The molecule has 0 N–H and O–H groups in total. The Balaban J connectivity index is 0. The minimum atomic E-state index is -0.204. The van der Waals surface area contributed by atoms with Gasteiger partial charge in [0.1, 0.15) is 0 Å². The highest BCUT2D eigenvalue weighted by atomic mass is 31.1. The van der Waals surface area contributed by atoms with Crippen LogP contribution < -0.4 is 0 Å². The largest absolute Gasteiger partial charge is 0.327 e. The molecule has 12 heavy (non-hydrogen) atoms. The molecule has 2 unspecified atom stereocenters. The fraction of sp³-hybridized carbons (Fsp3) is 1.00. The maximum atomic E-state index is 9.95. The van der Waals surface area contributed by atoms with Gasteiger partial charge in [0.25, 0.3) is 0 Å². The van der Waals surface area contributed by atoms with Gasteiger partial charge in [-0.1, -0.05) is 27.7 Å². The highest BCUT2D eigenvalue weighted by Crippen LogP contribution is 2.24. The van der Waals surface area contributed by atoms with Gasteiger partial charge in [0.05, 0.1) is 6.61 Å². The third-order valence-electron chi connectivity index (χ3n) is 1.37. The molecule has 0 bridgehead atoms. The Morgan fingerprint density at radius 3 is 2.25 bits per heavy atom. The molecule has 0 aromatic rings. The zero-order chi connectivity index (χ0) is 8.91. The van der Waals surface area contributed by atoms with Gasteiger partial charge in [-0.15, -0.1) is 0 Å². The molecule has 2 nitrogen and oxygen atoms in total. The summed E-state index contributed by atoms with van der Waals surface area (Å²) in [4.78, 5) is 0. The van der Waals surface area contributed by atoms with Crippen LogP contribution in [0.15, 0.2) is 0 Å². The predicted molar refractivity (Wildman–Crippen MR) is 57.9 cm³/mol. The third-order valence-corrected chi connectivity index (χ3v) is 1.63. The summed E-state index contributed by atoms with van der Waals surface area (Å²) in [5.41, 5.74) is 0.336. The van der Waals surface area contributed by atoms with Gasteiger partial charge in [-0.25, -0.2) is 4.57 Å². The fourth-order valence-electron chi connectivity index (χ4n) is 1.26. The lowest BCUT2D eigenvalue weighted by molar-refractivity contribution is 0.220. The topological polar surface area (TPSA) is 26.3 Å². The first-order valence-corrected chi connectivity index (χ1v) is 4.63. The first-order chi connectivity index (χ1) is 4.95. The van der Waals surface area contributed by atoms with Crippen molar-refractivity contribution in [3.8, 4) is 0 Å². The molecule has 0 radical (unpaired) electrons. The fourth-order valence-corrected chi connectivity index (χ4v) is 1.58. The maximum Gasteiger partial charge on any atom is 0.327 e. The summed E-state index contributed by atoms with van der Waals surface area (Å²) in [6, 6.07) is 0. The molecular formula is C8H20O2P2. The third kappa shape index (κ3) is 10.5. The molecule has 4 heteroatoms. The van der Waals surface area contributed by atoms with E-state index >= 15 is 0 Å². The molecule has 0 fully saturated rings. The van der Waals surface area contributed by atoms with E-state index in [1.54, 1.807) is 0 Å². The van der Waals surface area contributed by atoms with Crippen LogP contribution in [0.1, 0.15) is 34.1 Å². The lowest BCUT2D eigenvalue weighted by Gasteiger charge is -2.21. The Morgan fingerprint density at radius 1 is 1.42 bits per heavy atom. The smallest absolute Gasteiger partial charge is 0.294 e. The van der Waals surface area contributed by atoms with Crippen molar-refractivity contribution in [1.82, 2.24) is 0 Å². The van der Waals surface area contributed by atoms with Gasteiger partial charge in [-0.05, 0) is 17.8 Å². The van der Waals surface area contributed by atoms with E-state index in [1.165, 1.54) is 0 Å². The zero-order valence-electron chi connectivity index (χ0n) is 8.46. The van der Waals surface area contributed by atoms with Gasteiger partial charge < -0.3 is 0 Å². The Hall–Kier alpha value is 0.490. The lowest BCUT2D eigenvalue weighted by Crippen LogP contribution is -2.13. The monoisotopic (exact) mass is 210 g/mol. The van der Waals surface area contributed by atoms with Gasteiger partial charge in [0.15, 0.2) is 0 Å². The van der Waals surface area contributed by atoms with Crippen molar-refractivity contribution < 1.29 is 9.09 Å². The van der Waals surface area contributed by atoms with Crippen molar-refractivity contribution in [1.29, 1.82) is 0 Å². The minimum Gasteiger partial charge on any atom is -0.294 e. The molecular weight excluding hydrogens is 190 g/mol. The molecule has 0 saturated carbocycles. The van der Waals surface area contributed by atoms with E-state index in [0.717, 1.165) is 6.42 Å². The van der Waals surface area contributed by atoms with E-state index < -0.39 is 0 Å². The van der Waals surface area contributed by atoms with E-state index in [2.05, 4.69) is 27.7 Å². The first-order valence-electron chi connectivity index (χ1n) is 3.90. The summed E-state index contributed by atoms with van der Waals surface area (Å²) in [6.45, 7) is 9.27. The molecule has 0 heterocycles. The van der Waals surface area contributed by atoms with E-state index in [4.69, 9.17) is 4.52 Å². The lowest BCUT2D eigenvalue weighted by atomic mass is 9.86. The van der Waals surface area contributed by atoms with Crippen molar-refractivity contribution in [3.05, 3.63) is 0 Å². The van der Waals surface area contributed by atoms with Gasteiger partial charge in [0.2, 0.25) is 0 Å². The van der Waals surface area contributed by atoms with Crippen molar-refractivity contribution in [2.75, 3.05) is 6.61 Å². The molecule has 74 valence electrons. The number of hydrogen-bond acceptors (Lipinski definition) is 2. The number of rotatable bonds is 4. The first kappa shape index (κ1) is 15.0. The second-order valence-electron chi connectivity index (χ2n) is 4.24. The Kier molecular flexibility index (Phi) is 8.68. The molecule has 0 saturated heterocycles. The summed E-state index contributed by atoms with van der Waals surface area (Å²) in [6.07, 6.45) is 1.10. The van der Waals surface area contributed by atoms with Crippen molar-refractivity contribution in [2.24, 2.45) is 11.3 Å². The second kappa shape index (κ2) is 6.95. The second-order valence-corrected chi connectivity index (χ2v) is 4.65. The van der Waals surface area contributed by atoms with Gasteiger partial charge in [0, 0.05) is 0 Å². The normalized spacial score (nSPS) is 14.0. The van der Waals surface area contributed by atoms with E-state index in [9.17, 15) is 4.57 Å². The van der Waals surface area contributed by atoms with Crippen molar-refractivity contribution in [2.45, 2.75) is 34.1 Å². The molecule has 2 atom stereocenters. The SMILES string of the molecule is CC(COP=O)CC(C)(C)C.P. The molecule has 0 aromatic carbocycles. The highest BCUT2D eigenvalue weighted by Gasteiger charge is 2.14. The van der Waals surface area contributed by atoms with Gasteiger partial charge in [-0.2, -0.15) is 9.90 Å². The van der Waals surface area contributed by atoms with Crippen LogP contribution in [-0.4, -0.2) is 6.61 Å². The zero-order valence-corrected chi connectivity index (χ0v) is 10.8. The van der Waals surface area contributed by atoms with Crippen LogP contribution in [0.5, 0.6) is 0 Å². The standard InChI is InChI=1S/C8H17O2P.H3P/c1-7(6-10-11-9)5-8(2,3)4;/h7H,5-6H2,1-4H3;1H3. The van der Waals surface area contributed by atoms with Crippen LogP contribution in [0.3, 0.4) is 0 Å². The molecule has 0 spiro atoms. The average Bonchev–Trinajstić information content (AvgIpc) is 1.79.